The molecule has 0 amide bonds. The van der Waals surface area contributed by atoms with Crippen molar-refractivity contribution in [3.05, 3.63) is 0 Å². The molecule has 1 radical (unpaired) electrons. The summed E-state index contributed by atoms with van der Waals surface area (Å²) in [5, 5.41) is 0. The van der Waals surface area contributed by atoms with E-state index in [2.05, 4.69) is 0 Å². The van der Waals surface area contributed by atoms with Gasteiger partial charge < -0.3 is 0 Å². The van der Waals surface area contributed by atoms with Crippen LogP contribution < -0.4 is 0 Å². The van der Waals surface area contributed by atoms with E-state index in [1.807, 2.05) is 0 Å². The molecule has 0 bridgehead atoms. The van der Waals surface area contributed by atoms with Crippen molar-refractivity contribution in [1.29, 1.82) is 0 Å². The van der Waals surface area contributed by atoms with Crippen LogP contribution in [0.5, 0.6) is 0 Å². The molecule has 0 aromatic rings. The van der Waals surface area contributed by atoms with E-state index in [9.17, 15) is 0 Å². The van der Waals surface area contributed by atoms with E-state index in [1.165, 1.54) is 0 Å². The van der Waals surface area contributed by atoms with Crippen LogP contribution in [0.3, 0.4) is 0 Å². The third kappa shape index (κ3) is 175. The molecule has 4 nitrogen and oxygen atoms in total. The second-order valence-electron chi connectivity index (χ2n) is 0.448. The van der Waals surface area contributed by atoms with Crippen molar-refractivity contribution in [2.45, 2.75) is 0 Å². The Kier molecular flexibility index (Phi) is 11.5. The average molecular weight is 222 g/mol. The zero-order valence-corrected chi connectivity index (χ0v) is 7.98. The SMILES string of the molecule is O=S(=O)(O)O.[Co].[Zn]. The second kappa shape index (κ2) is 5.14. The zero-order chi connectivity index (χ0) is 4.50. The molecule has 0 spiro atoms. The van der Waals surface area contributed by atoms with Crippen molar-refractivity contribution in [3.8, 4) is 0 Å². The Hall–Kier alpha value is 1.000. The number of hydrogen-bond acceptors (Lipinski definition) is 2. The first-order valence-electron chi connectivity index (χ1n) is 0.698. The van der Waals surface area contributed by atoms with Crippen molar-refractivity contribution in [2.75, 3.05) is 0 Å². The molecule has 0 atom stereocenters. The fourth-order valence-electron chi connectivity index (χ4n) is 0. The minimum absolute atomic E-state index is 0. The summed E-state index contributed by atoms with van der Waals surface area (Å²) in [5.74, 6) is 0. The molecule has 0 aliphatic heterocycles. The Morgan fingerprint density at radius 3 is 1.14 bits per heavy atom. The molecule has 0 saturated heterocycles. The van der Waals surface area contributed by atoms with Gasteiger partial charge in [0, 0.05) is 36.3 Å². The maximum absolute atomic E-state index is 8.74. The topological polar surface area (TPSA) is 74.6 Å². The normalized spacial score (nSPS) is 8.29. The molecule has 0 fully saturated rings. The third-order valence-electron chi connectivity index (χ3n) is 0. The van der Waals surface area contributed by atoms with Gasteiger partial charge in [0.05, 0.1) is 0 Å². The van der Waals surface area contributed by atoms with Gasteiger partial charge in [-0.3, -0.25) is 9.11 Å². The summed E-state index contributed by atoms with van der Waals surface area (Å²) in [6, 6.07) is 0. The number of rotatable bonds is 0. The molecule has 0 aromatic heterocycles. The van der Waals surface area contributed by atoms with Crippen molar-refractivity contribution in [2.24, 2.45) is 0 Å². The monoisotopic (exact) mass is 221 g/mol. The largest absolute Gasteiger partial charge is 0.394 e. The van der Waals surface area contributed by atoms with Gasteiger partial charge in [-0.2, -0.15) is 8.42 Å². The Morgan fingerprint density at radius 1 is 1.14 bits per heavy atom. The van der Waals surface area contributed by atoms with Crippen LogP contribution in [0.1, 0.15) is 0 Å². The van der Waals surface area contributed by atoms with Gasteiger partial charge in [0.15, 0.2) is 0 Å². The molecule has 0 rings (SSSR count). The molecule has 0 aromatic carbocycles. The van der Waals surface area contributed by atoms with Crippen molar-refractivity contribution in [1.82, 2.24) is 0 Å². The van der Waals surface area contributed by atoms with Gasteiger partial charge in [-0.25, -0.2) is 0 Å². The molecular weight excluding hydrogens is 220 g/mol. The zero-order valence-electron chi connectivity index (χ0n) is 3.16. The fourth-order valence-corrected chi connectivity index (χ4v) is 0. The van der Waals surface area contributed by atoms with Crippen LogP contribution in [0.4, 0.5) is 0 Å². The van der Waals surface area contributed by atoms with E-state index in [1.54, 1.807) is 0 Å². The third-order valence-corrected chi connectivity index (χ3v) is 0. The Labute approximate surface area is 64.2 Å². The summed E-state index contributed by atoms with van der Waals surface area (Å²) < 4.78 is 31.6. The Morgan fingerprint density at radius 2 is 1.14 bits per heavy atom. The van der Waals surface area contributed by atoms with E-state index < -0.39 is 10.4 Å². The molecule has 0 unspecified atom stereocenters. The number of hydrogen-bond donors (Lipinski definition) is 2. The fraction of sp³-hybridized carbons (Fsp3) is 0. The van der Waals surface area contributed by atoms with Crippen molar-refractivity contribution < 1.29 is 53.8 Å². The molecular formula is H2CoO4SZn. The van der Waals surface area contributed by atoms with Gasteiger partial charge in [0.25, 0.3) is 0 Å². The molecule has 7 heteroatoms. The van der Waals surface area contributed by atoms with Crippen LogP contribution in [0.25, 0.3) is 0 Å². The maximum Gasteiger partial charge on any atom is 0.394 e. The van der Waals surface area contributed by atoms with Gasteiger partial charge in [-0.1, -0.05) is 0 Å². The summed E-state index contributed by atoms with van der Waals surface area (Å²) in [5.41, 5.74) is 0. The van der Waals surface area contributed by atoms with E-state index in [4.69, 9.17) is 17.5 Å². The van der Waals surface area contributed by atoms with Crippen LogP contribution in [-0.2, 0) is 46.7 Å². The molecule has 0 heterocycles. The standard InChI is InChI=1S/Co.H2O4S.Zn/c;1-5(2,3)4;/h;(H2,1,2,3,4);. The summed E-state index contributed by atoms with van der Waals surface area (Å²) in [6.45, 7) is 0. The summed E-state index contributed by atoms with van der Waals surface area (Å²) >= 11 is 0. The molecule has 43 valence electrons. The first-order valence-corrected chi connectivity index (χ1v) is 2.10. The average Bonchev–Trinajstić information content (AvgIpc) is 0.722. The molecule has 0 aliphatic carbocycles. The molecule has 2 N–H and O–H groups in total. The second-order valence-corrected chi connectivity index (χ2v) is 1.34. The van der Waals surface area contributed by atoms with Gasteiger partial charge in [-0.15, -0.1) is 0 Å². The van der Waals surface area contributed by atoms with Crippen molar-refractivity contribution in [3.63, 3.8) is 0 Å². The van der Waals surface area contributed by atoms with Gasteiger partial charge in [0.1, 0.15) is 0 Å². The van der Waals surface area contributed by atoms with E-state index in [0.29, 0.717) is 0 Å². The van der Waals surface area contributed by atoms with E-state index >= 15 is 0 Å². The smallest absolute Gasteiger partial charge is 0.264 e. The van der Waals surface area contributed by atoms with Crippen LogP contribution in [0, 0.1) is 0 Å². The van der Waals surface area contributed by atoms with Crippen LogP contribution in [0.2, 0.25) is 0 Å². The quantitative estimate of drug-likeness (QED) is 0.422. The van der Waals surface area contributed by atoms with Crippen LogP contribution >= 0.6 is 0 Å². The first kappa shape index (κ1) is 15.7. The summed E-state index contributed by atoms with van der Waals surface area (Å²) in [6.07, 6.45) is 0. The predicted octanol–water partition coefficient (Wildman–Crippen LogP) is -0.658. The summed E-state index contributed by atoms with van der Waals surface area (Å²) in [7, 11) is -4.67. The minimum Gasteiger partial charge on any atom is -0.264 e. The Bertz CT molecular complexity index is 94.9. The van der Waals surface area contributed by atoms with Crippen LogP contribution in [0.15, 0.2) is 0 Å². The van der Waals surface area contributed by atoms with E-state index in [-0.39, 0.29) is 36.3 Å². The Balaban J connectivity index is -0.0000000800. The van der Waals surface area contributed by atoms with Crippen LogP contribution in [-0.4, -0.2) is 17.5 Å². The molecule has 7 heavy (non-hydrogen) atoms. The minimum atomic E-state index is -4.67. The van der Waals surface area contributed by atoms with Gasteiger partial charge in [-0.05, 0) is 0 Å². The van der Waals surface area contributed by atoms with Gasteiger partial charge >= 0.3 is 10.4 Å². The van der Waals surface area contributed by atoms with E-state index in [0.717, 1.165) is 0 Å². The molecule has 0 saturated carbocycles. The molecule has 0 aliphatic rings. The summed E-state index contributed by atoms with van der Waals surface area (Å²) in [4.78, 5) is 0. The predicted molar refractivity (Wildman–Crippen MR) is 14.2 cm³/mol. The van der Waals surface area contributed by atoms with Gasteiger partial charge in [0.2, 0.25) is 0 Å². The maximum atomic E-state index is 8.74. The van der Waals surface area contributed by atoms with Crippen molar-refractivity contribution >= 4 is 10.4 Å². The first-order chi connectivity index (χ1) is 2.00.